The van der Waals surface area contributed by atoms with Crippen molar-refractivity contribution < 1.29 is 9.18 Å². The smallest absolute Gasteiger partial charge is 0.276 e. The molecule has 2 bridgehead atoms. The van der Waals surface area contributed by atoms with E-state index in [0.717, 1.165) is 37.3 Å². The molecule has 0 radical (unpaired) electrons. The zero-order valence-corrected chi connectivity index (χ0v) is 16.9. The zero-order chi connectivity index (χ0) is 21.4. The fraction of sp³-hybridized carbons (Fsp3) is 0.304. The van der Waals surface area contributed by atoms with Gasteiger partial charge in [0.2, 0.25) is 0 Å². The maximum Gasteiger partial charge on any atom is 0.276 e. The molecule has 3 aromatic rings. The highest BCUT2D eigenvalue weighted by atomic mass is 19.1. The lowest BCUT2D eigenvalue weighted by Gasteiger charge is -2.43. The van der Waals surface area contributed by atoms with Crippen molar-refractivity contribution in [3.05, 3.63) is 88.1 Å². The number of hydrogen-bond acceptors (Lipinski definition) is 5. The molecular weight excluding hydrogens is 397 g/mol. The van der Waals surface area contributed by atoms with Crippen LogP contribution in [0.4, 0.5) is 10.1 Å². The van der Waals surface area contributed by atoms with Crippen LogP contribution in [0, 0.1) is 11.7 Å². The molecule has 2 aliphatic heterocycles. The van der Waals surface area contributed by atoms with E-state index in [0.29, 0.717) is 12.5 Å². The van der Waals surface area contributed by atoms with Crippen LogP contribution in [0.2, 0.25) is 0 Å². The number of rotatable bonds is 4. The standard InChI is InChI=1S/C23H22FN5O2/c24-18-3-1-15(2-4-18)11-28-12-16-9-17(14-28)21-6-5-19(23(31)29(21)13-16)27-22(30)20-10-25-7-8-26-20/h1-8,10,16-17H,9,11-14H2,(H,27,30)/t16-,17+/m0/s1. The maximum atomic E-state index is 13.2. The molecule has 2 aromatic heterocycles. The molecule has 5 rings (SSSR count). The van der Waals surface area contributed by atoms with Crippen molar-refractivity contribution in [2.75, 3.05) is 18.4 Å². The second kappa shape index (κ2) is 8.03. The highest BCUT2D eigenvalue weighted by Gasteiger charge is 2.35. The van der Waals surface area contributed by atoms with Gasteiger partial charge in [0.1, 0.15) is 17.2 Å². The van der Waals surface area contributed by atoms with Gasteiger partial charge in [0.15, 0.2) is 0 Å². The maximum absolute atomic E-state index is 13.2. The summed E-state index contributed by atoms with van der Waals surface area (Å²) < 4.78 is 15.0. The summed E-state index contributed by atoms with van der Waals surface area (Å²) in [6.07, 6.45) is 5.34. The van der Waals surface area contributed by atoms with Crippen LogP contribution in [0.1, 0.15) is 34.1 Å². The molecule has 2 aliphatic rings. The SMILES string of the molecule is O=C(Nc1ccc2n(c1=O)C[C@H]1C[C@@H]2CN(Cc2ccc(F)cc2)C1)c1cnccn1. The number of likely N-dealkylation sites (tertiary alicyclic amines) is 1. The molecule has 8 heteroatoms. The first-order chi connectivity index (χ1) is 15.1. The van der Waals surface area contributed by atoms with E-state index < -0.39 is 5.91 Å². The predicted molar refractivity (Wildman–Crippen MR) is 113 cm³/mol. The molecule has 0 spiro atoms. The second-order valence-electron chi connectivity index (χ2n) is 8.25. The van der Waals surface area contributed by atoms with E-state index in [4.69, 9.17) is 0 Å². The van der Waals surface area contributed by atoms with Crippen LogP contribution in [0.3, 0.4) is 0 Å². The minimum atomic E-state index is -0.452. The van der Waals surface area contributed by atoms with E-state index in [9.17, 15) is 14.0 Å². The average Bonchev–Trinajstić information content (AvgIpc) is 2.78. The Morgan fingerprint density at radius 1 is 1.10 bits per heavy atom. The summed E-state index contributed by atoms with van der Waals surface area (Å²) in [7, 11) is 0. The molecule has 0 aliphatic carbocycles. The van der Waals surface area contributed by atoms with Crippen LogP contribution >= 0.6 is 0 Å². The number of aromatic nitrogens is 3. The molecule has 1 N–H and O–H groups in total. The monoisotopic (exact) mass is 419 g/mol. The highest BCUT2D eigenvalue weighted by molar-refractivity contribution is 6.02. The molecule has 0 unspecified atom stereocenters. The number of nitrogens with one attached hydrogen (secondary N) is 1. The van der Waals surface area contributed by atoms with Crippen LogP contribution in [-0.4, -0.2) is 38.4 Å². The van der Waals surface area contributed by atoms with E-state index in [-0.39, 0.29) is 28.7 Å². The number of anilines is 1. The Morgan fingerprint density at radius 2 is 1.94 bits per heavy atom. The first-order valence-corrected chi connectivity index (χ1v) is 10.3. The number of pyridine rings is 1. The van der Waals surface area contributed by atoms with Gasteiger partial charge in [-0.05, 0) is 42.2 Å². The van der Waals surface area contributed by atoms with Crippen molar-refractivity contribution in [1.82, 2.24) is 19.4 Å². The summed E-state index contributed by atoms with van der Waals surface area (Å²) in [5.41, 5.74) is 2.32. The van der Waals surface area contributed by atoms with Gasteiger partial charge >= 0.3 is 0 Å². The third-order valence-corrected chi connectivity index (χ3v) is 6.04. The molecule has 158 valence electrons. The third-order valence-electron chi connectivity index (χ3n) is 6.04. The van der Waals surface area contributed by atoms with Crippen LogP contribution in [0.25, 0.3) is 0 Å². The first kappa shape index (κ1) is 19.6. The quantitative estimate of drug-likeness (QED) is 0.703. The number of fused-ring (bicyclic) bond motifs is 4. The van der Waals surface area contributed by atoms with Crippen LogP contribution < -0.4 is 10.9 Å². The summed E-state index contributed by atoms with van der Waals surface area (Å²) in [5.74, 6) is -0.0669. The fourth-order valence-electron chi connectivity index (χ4n) is 4.72. The summed E-state index contributed by atoms with van der Waals surface area (Å²) >= 11 is 0. The molecule has 1 fully saturated rings. The van der Waals surface area contributed by atoms with Crippen molar-refractivity contribution in [2.45, 2.75) is 25.4 Å². The normalized spacial score (nSPS) is 20.2. The predicted octanol–water partition coefficient (Wildman–Crippen LogP) is 2.65. The van der Waals surface area contributed by atoms with Gasteiger partial charge in [0, 0.05) is 50.2 Å². The van der Waals surface area contributed by atoms with Crippen LogP contribution in [0.5, 0.6) is 0 Å². The minimum Gasteiger partial charge on any atom is -0.316 e. The lowest BCUT2D eigenvalue weighted by molar-refractivity contribution is 0.102. The number of benzene rings is 1. The van der Waals surface area contributed by atoms with Gasteiger partial charge in [-0.3, -0.25) is 19.5 Å². The van der Waals surface area contributed by atoms with Crippen LogP contribution in [0.15, 0.2) is 59.8 Å². The average molecular weight is 419 g/mol. The Labute approximate surface area is 178 Å². The lowest BCUT2D eigenvalue weighted by Crippen LogP contribution is -2.47. The van der Waals surface area contributed by atoms with Gasteiger partial charge in [-0.2, -0.15) is 0 Å². The summed E-state index contributed by atoms with van der Waals surface area (Å²) in [4.78, 5) is 35.7. The van der Waals surface area contributed by atoms with E-state index in [1.807, 2.05) is 18.2 Å². The number of amides is 1. The summed E-state index contributed by atoms with van der Waals surface area (Å²) in [5, 5.41) is 2.67. The van der Waals surface area contributed by atoms with Crippen molar-refractivity contribution in [3.8, 4) is 0 Å². The molecule has 31 heavy (non-hydrogen) atoms. The van der Waals surface area contributed by atoms with Crippen LogP contribution in [-0.2, 0) is 13.1 Å². The first-order valence-electron chi connectivity index (χ1n) is 10.3. The Kier molecular flexibility index (Phi) is 5.07. The van der Waals surface area contributed by atoms with E-state index in [1.54, 1.807) is 10.6 Å². The van der Waals surface area contributed by atoms with Gasteiger partial charge < -0.3 is 9.88 Å². The van der Waals surface area contributed by atoms with E-state index in [1.165, 1.54) is 30.7 Å². The van der Waals surface area contributed by atoms with Gasteiger partial charge in [-0.15, -0.1) is 0 Å². The number of nitrogens with zero attached hydrogens (tertiary/aromatic N) is 4. The molecule has 7 nitrogen and oxygen atoms in total. The Hall–Kier alpha value is -3.39. The lowest BCUT2D eigenvalue weighted by atomic mass is 9.83. The number of hydrogen-bond donors (Lipinski definition) is 1. The summed E-state index contributed by atoms with van der Waals surface area (Å²) in [6.45, 7) is 3.12. The molecule has 1 saturated heterocycles. The van der Waals surface area contributed by atoms with Crippen molar-refractivity contribution in [2.24, 2.45) is 5.92 Å². The second-order valence-corrected chi connectivity index (χ2v) is 8.25. The Bertz CT molecular complexity index is 1160. The zero-order valence-electron chi connectivity index (χ0n) is 16.9. The Morgan fingerprint density at radius 3 is 2.71 bits per heavy atom. The van der Waals surface area contributed by atoms with Crippen molar-refractivity contribution in [1.29, 1.82) is 0 Å². The van der Waals surface area contributed by atoms with E-state index in [2.05, 4.69) is 20.2 Å². The van der Waals surface area contributed by atoms with Gasteiger partial charge in [0.05, 0.1) is 6.20 Å². The fourth-order valence-corrected chi connectivity index (χ4v) is 4.72. The molecule has 1 amide bonds. The van der Waals surface area contributed by atoms with Gasteiger partial charge in [-0.1, -0.05) is 12.1 Å². The largest absolute Gasteiger partial charge is 0.316 e. The third kappa shape index (κ3) is 3.98. The van der Waals surface area contributed by atoms with E-state index >= 15 is 0 Å². The number of carbonyl (C=O) groups excluding carboxylic acids is 1. The highest BCUT2D eigenvalue weighted by Crippen LogP contribution is 2.36. The molecular formula is C23H22FN5O2. The molecule has 0 saturated carbocycles. The van der Waals surface area contributed by atoms with Gasteiger partial charge in [0.25, 0.3) is 11.5 Å². The molecule has 4 heterocycles. The molecule has 2 atom stereocenters. The Balaban J connectivity index is 1.34. The number of halogens is 1. The van der Waals surface area contributed by atoms with Crippen molar-refractivity contribution >= 4 is 11.6 Å². The number of piperidine rings is 1. The van der Waals surface area contributed by atoms with Crippen molar-refractivity contribution in [3.63, 3.8) is 0 Å². The number of carbonyl (C=O) groups is 1. The molecule has 1 aromatic carbocycles. The topological polar surface area (TPSA) is 80.1 Å². The van der Waals surface area contributed by atoms with Gasteiger partial charge in [-0.25, -0.2) is 9.37 Å². The minimum absolute atomic E-state index is 0.165. The summed E-state index contributed by atoms with van der Waals surface area (Å²) in [6, 6.07) is 10.3.